The van der Waals surface area contributed by atoms with Crippen LogP contribution in [0.5, 0.6) is 0 Å². The number of aliphatic hydroxyl groups excluding tert-OH is 1. The second-order valence-electron chi connectivity index (χ2n) is 10.8. The van der Waals surface area contributed by atoms with Gasteiger partial charge in [-0.05, 0) is 36.8 Å². The fraction of sp³-hybridized carbons (Fsp3) is 0.367. The van der Waals surface area contributed by atoms with Gasteiger partial charge in [-0.3, -0.25) is 14.4 Å². The lowest BCUT2D eigenvalue weighted by Gasteiger charge is -2.39. The Hall–Kier alpha value is -3.07. The Labute approximate surface area is 237 Å². The maximum atomic E-state index is 14.6. The molecule has 2 saturated heterocycles. The van der Waals surface area contributed by atoms with E-state index in [4.69, 9.17) is 11.6 Å². The van der Waals surface area contributed by atoms with Crippen molar-refractivity contribution >= 4 is 46.8 Å². The Morgan fingerprint density at radius 1 is 0.949 bits per heavy atom. The summed E-state index contributed by atoms with van der Waals surface area (Å²) in [6, 6.07) is 14.7. The summed E-state index contributed by atoms with van der Waals surface area (Å²) in [6.45, 7) is 2.43. The van der Waals surface area contributed by atoms with Gasteiger partial charge in [0.1, 0.15) is 6.04 Å². The van der Waals surface area contributed by atoms with Gasteiger partial charge in [0.05, 0.1) is 29.2 Å². The third kappa shape index (κ3) is 3.87. The number of halogens is 1. The summed E-state index contributed by atoms with van der Waals surface area (Å²) in [6.07, 6.45) is 7.93. The van der Waals surface area contributed by atoms with Gasteiger partial charge in [0, 0.05) is 35.6 Å². The van der Waals surface area contributed by atoms with Crippen LogP contribution < -0.4 is 4.90 Å². The number of thioether (sulfide) groups is 1. The summed E-state index contributed by atoms with van der Waals surface area (Å²) in [4.78, 5) is 47.9. The molecule has 9 heteroatoms. The zero-order chi connectivity index (χ0) is 27.5. The van der Waals surface area contributed by atoms with E-state index < -0.39 is 33.4 Å². The van der Waals surface area contributed by atoms with Crippen LogP contribution in [0.3, 0.4) is 0 Å². The zero-order valence-corrected chi connectivity index (χ0v) is 23.3. The molecule has 2 fully saturated rings. The fourth-order valence-corrected chi connectivity index (χ4v) is 9.07. The number of rotatable bonds is 4. The predicted octanol–water partition coefficient (Wildman–Crippen LogP) is 3.69. The molecule has 4 aliphatic rings. The van der Waals surface area contributed by atoms with Crippen molar-refractivity contribution in [2.45, 2.75) is 28.5 Å². The first-order valence-electron chi connectivity index (χ1n) is 13.1. The highest BCUT2D eigenvalue weighted by Gasteiger charge is 2.74. The smallest absolute Gasteiger partial charge is 0.251 e. The average molecular weight is 564 g/mol. The minimum absolute atomic E-state index is 0.106. The van der Waals surface area contributed by atoms with E-state index in [0.29, 0.717) is 23.8 Å². The first kappa shape index (κ1) is 26.2. The highest BCUT2D eigenvalue weighted by molar-refractivity contribution is 8.02. The highest BCUT2D eigenvalue weighted by Crippen LogP contribution is 2.66. The lowest BCUT2D eigenvalue weighted by atomic mass is 9.74. The molecule has 4 aliphatic heterocycles. The molecule has 0 bridgehead atoms. The van der Waals surface area contributed by atoms with Gasteiger partial charge in [0.15, 0.2) is 0 Å². The number of amides is 3. The lowest BCUT2D eigenvalue weighted by Crippen LogP contribution is -2.54. The third-order valence-corrected chi connectivity index (χ3v) is 10.6. The van der Waals surface area contributed by atoms with Gasteiger partial charge in [-0.2, -0.15) is 0 Å². The number of likely N-dealkylation sites (N-methyl/N-ethyl adjacent to an activating group) is 1. The number of aliphatic hydroxyl groups is 1. The molecule has 6 atom stereocenters. The van der Waals surface area contributed by atoms with Crippen molar-refractivity contribution in [1.29, 1.82) is 0 Å². The van der Waals surface area contributed by atoms with Crippen molar-refractivity contribution < 1.29 is 19.5 Å². The van der Waals surface area contributed by atoms with Gasteiger partial charge in [0.25, 0.3) is 5.91 Å². The molecule has 7 nitrogen and oxygen atoms in total. The highest BCUT2D eigenvalue weighted by atomic mass is 35.5. The van der Waals surface area contributed by atoms with E-state index in [1.54, 1.807) is 46.0 Å². The number of benzene rings is 2. The summed E-state index contributed by atoms with van der Waals surface area (Å²) in [5.74, 6) is -2.05. The zero-order valence-electron chi connectivity index (χ0n) is 21.7. The van der Waals surface area contributed by atoms with E-state index in [9.17, 15) is 19.5 Å². The molecule has 1 unspecified atom stereocenters. The molecule has 0 radical (unpaired) electrons. The van der Waals surface area contributed by atoms with Crippen molar-refractivity contribution in [3.63, 3.8) is 0 Å². The Balaban J connectivity index is 1.54. The average Bonchev–Trinajstić information content (AvgIpc) is 3.20. The molecular weight excluding hydrogens is 534 g/mol. The van der Waals surface area contributed by atoms with Crippen molar-refractivity contribution in [1.82, 2.24) is 9.80 Å². The van der Waals surface area contributed by atoms with E-state index in [2.05, 4.69) is 0 Å². The maximum absolute atomic E-state index is 14.6. The molecule has 3 amide bonds. The molecule has 1 spiro atoms. The van der Waals surface area contributed by atoms with Crippen molar-refractivity contribution in [2.24, 2.45) is 11.8 Å². The van der Waals surface area contributed by atoms with Gasteiger partial charge in [-0.25, -0.2) is 0 Å². The van der Waals surface area contributed by atoms with Gasteiger partial charge in [0.2, 0.25) is 11.8 Å². The standard InChI is InChI=1S/C30H30ClN3O4S/c1-29-14-6-16-32(2)26(36)23(29)24-27(37)34(22(18-35)19-8-4-3-5-9-19)25-28(38)33(17-7-15-30(24,25)39-29)21-12-10-20(31)11-13-21/h3-15,22-25,35H,16-18H2,1-2H3/t22-,23-,24+,25?,29+,30+/m1/s1. The first-order chi connectivity index (χ1) is 18.7. The Bertz CT molecular complexity index is 1380. The molecule has 0 saturated carbocycles. The molecule has 2 aromatic rings. The summed E-state index contributed by atoms with van der Waals surface area (Å²) in [5.41, 5.74) is 1.40. The van der Waals surface area contributed by atoms with Crippen LogP contribution in [0.25, 0.3) is 0 Å². The van der Waals surface area contributed by atoms with Crippen LogP contribution >= 0.6 is 23.4 Å². The molecule has 2 aromatic carbocycles. The van der Waals surface area contributed by atoms with Crippen LogP contribution in [0.4, 0.5) is 5.69 Å². The van der Waals surface area contributed by atoms with Crippen LogP contribution in [0.15, 0.2) is 78.9 Å². The number of likely N-dealkylation sites (tertiary alicyclic amines) is 1. The van der Waals surface area contributed by atoms with Crippen molar-refractivity contribution in [3.8, 4) is 0 Å². The second kappa shape index (κ2) is 9.54. The summed E-state index contributed by atoms with van der Waals surface area (Å²) in [7, 11) is 1.75. The quantitative estimate of drug-likeness (QED) is 0.574. The van der Waals surface area contributed by atoms with Gasteiger partial charge in [-0.1, -0.05) is 66.2 Å². The van der Waals surface area contributed by atoms with E-state index in [-0.39, 0.29) is 24.3 Å². The minimum Gasteiger partial charge on any atom is -0.394 e. The van der Waals surface area contributed by atoms with Crippen LogP contribution in [-0.4, -0.2) is 74.9 Å². The Kier molecular flexibility index (Phi) is 6.40. The van der Waals surface area contributed by atoms with Crippen LogP contribution in [0, 0.1) is 11.8 Å². The maximum Gasteiger partial charge on any atom is 0.251 e. The lowest BCUT2D eigenvalue weighted by molar-refractivity contribution is -0.145. The number of carbonyl (C=O) groups excluding carboxylic acids is 3. The number of hydrogen-bond donors (Lipinski definition) is 1. The molecule has 4 heterocycles. The SMILES string of the molecule is CN1CC=C[C@]2(C)S[C@]34C=CCN(c5ccc(Cl)cc5)C(=O)C3N([C@H](CO)c3ccccc3)C(=O)[C@@H]4[C@@H]2C1=O. The number of nitrogens with zero attached hydrogens (tertiary/aromatic N) is 3. The summed E-state index contributed by atoms with van der Waals surface area (Å²) < 4.78 is -1.66. The van der Waals surface area contributed by atoms with Crippen LogP contribution in [0.1, 0.15) is 18.5 Å². The number of anilines is 1. The van der Waals surface area contributed by atoms with Gasteiger partial charge < -0.3 is 19.8 Å². The molecular formula is C30H30ClN3O4S. The van der Waals surface area contributed by atoms with Gasteiger partial charge >= 0.3 is 0 Å². The Morgan fingerprint density at radius 3 is 2.33 bits per heavy atom. The monoisotopic (exact) mass is 563 g/mol. The molecule has 0 aliphatic carbocycles. The minimum atomic E-state index is -0.991. The largest absolute Gasteiger partial charge is 0.394 e. The summed E-state index contributed by atoms with van der Waals surface area (Å²) >= 11 is 7.66. The Morgan fingerprint density at radius 2 is 1.64 bits per heavy atom. The van der Waals surface area contributed by atoms with E-state index in [0.717, 1.165) is 5.56 Å². The molecule has 0 aromatic heterocycles. The van der Waals surface area contributed by atoms with Gasteiger partial charge in [-0.15, -0.1) is 11.8 Å². The van der Waals surface area contributed by atoms with Crippen LogP contribution in [0.2, 0.25) is 5.02 Å². The number of hydrogen-bond acceptors (Lipinski definition) is 5. The number of fused-ring (bicyclic) bond motifs is 2. The molecule has 6 rings (SSSR count). The fourth-order valence-electron chi connectivity index (χ4n) is 6.80. The van der Waals surface area contributed by atoms with E-state index >= 15 is 0 Å². The molecule has 1 N–H and O–H groups in total. The normalized spacial score (nSPS) is 32.6. The van der Waals surface area contributed by atoms with Crippen LogP contribution in [-0.2, 0) is 14.4 Å². The molecule has 202 valence electrons. The summed E-state index contributed by atoms with van der Waals surface area (Å²) in [5, 5.41) is 11.2. The van der Waals surface area contributed by atoms with E-state index in [1.807, 2.05) is 61.6 Å². The van der Waals surface area contributed by atoms with Crippen molar-refractivity contribution in [2.75, 3.05) is 31.6 Å². The third-order valence-electron chi connectivity index (χ3n) is 8.53. The molecule has 39 heavy (non-hydrogen) atoms. The second-order valence-corrected chi connectivity index (χ2v) is 13.0. The van der Waals surface area contributed by atoms with E-state index in [1.165, 1.54) is 11.8 Å². The van der Waals surface area contributed by atoms with Crippen molar-refractivity contribution in [3.05, 3.63) is 89.5 Å². The predicted molar refractivity (Wildman–Crippen MR) is 152 cm³/mol. The topological polar surface area (TPSA) is 81.2 Å². The first-order valence-corrected chi connectivity index (χ1v) is 14.3. The number of carbonyl (C=O) groups is 3.